The van der Waals surface area contributed by atoms with Crippen LogP contribution in [0.2, 0.25) is 0 Å². The van der Waals surface area contributed by atoms with Crippen molar-refractivity contribution in [2.45, 2.75) is 58.7 Å². The minimum atomic E-state index is -1.38. The molecule has 6 heteroatoms. The third-order valence-electron chi connectivity index (χ3n) is 4.80. The molecular weight excluding hydrogens is 385 g/mol. The minimum absolute atomic E-state index is 0.0206. The molecule has 1 N–H and O–H groups in total. The van der Waals surface area contributed by atoms with Crippen LogP contribution in [0.3, 0.4) is 0 Å². The van der Waals surface area contributed by atoms with Crippen LogP contribution in [0.5, 0.6) is 0 Å². The molecular formula is C23H40NO4P. The summed E-state index contributed by atoms with van der Waals surface area (Å²) in [6, 6.07) is 8.16. The van der Waals surface area contributed by atoms with Gasteiger partial charge in [-0.3, -0.25) is 0 Å². The Labute approximate surface area is 177 Å². The number of ether oxygens (including phenoxy) is 2. The van der Waals surface area contributed by atoms with Gasteiger partial charge in [0.05, 0.1) is 0 Å². The van der Waals surface area contributed by atoms with Crippen LogP contribution >= 0.6 is 7.26 Å². The zero-order chi connectivity index (χ0) is 21.7. The molecule has 0 radical (unpaired) electrons. The van der Waals surface area contributed by atoms with Crippen LogP contribution in [0.4, 0.5) is 0 Å². The molecule has 1 aromatic carbocycles. The fourth-order valence-corrected chi connectivity index (χ4v) is 5.83. The second-order valence-electron chi connectivity index (χ2n) is 8.53. The fourth-order valence-electron chi connectivity index (χ4n) is 3.17. The third kappa shape index (κ3) is 11.3. The van der Waals surface area contributed by atoms with E-state index in [1.54, 1.807) is 0 Å². The predicted molar refractivity (Wildman–Crippen MR) is 123 cm³/mol. The SMILES string of the molecule is CCCOC(=O)CC(NCCC[PH](C)(C)Cc1ccc(C)cc1)C(=O)OCCC. The summed E-state index contributed by atoms with van der Waals surface area (Å²) < 4.78 is 10.4. The molecule has 0 spiro atoms. The third-order valence-corrected chi connectivity index (χ3v) is 7.87. The predicted octanol–water partition coefficient (Wildman–Crippen LogP) is 4.15. The molecule has 0 aliphatic rings. The summed E-state index contributed by atoms with van der Waals surface area (Å²) in [4.78, 5) is 24.2. The van der Waals surface area contributed by atoms with Crippen molar-refractivity contribution in [2.75, 3.05) is 39.3 Å². The van der Waals surface area contributed by atoms with E-state index in [0.29, 0.717) is 19.8 Å². The number of aryl methyl sites for hydroxylation is 1. The van der Waals surface area contributed by atoms with E-state index in [2.05, 4.69) is 49.8 Å². The first-order valence-corrected chi connectivity index (χ1v) is 14.3. The number of rotatable bonds is 14. The molecule has 0 bridgehead atoms. The average Bonchev–Trinajstić information content (AvgIpc) is 2.68. The van der Waals surface area contributed by atoms with Gasteiger partial charge in [0, 0.05) is 0 Å². The van der Waals surface area contributed by atoms with Crippen molar-refractivity contribution in [2.24, 2.45) is 0 Å². The van der Waals surface area contributed by atoms with Gasteiger partial charge in [0.2, 0.25) is 0 Å². The Bertz CT molecular complexity index is 616. The Morgan fingerprint density at radius 1 is 1.03 bits per heavy atom. The maximum atomic E-state index is 12.3. The molecule has 0 saturated heterocycles. The van der Waals surface area contributed by atoms with Gasteiger partial charge < -0.3 is 0 Å². The summed E-state index contributed by atoms with van der Waals surface area (Å²) >= 11 is 0. The first kappa shape index (κ1) is 25.6. The molecule has 29 heavy (non-hydrogen) atoms. The topological polar surface area (TPSA) is 64.6 Å². The van der Waals surface area contributed by atoms with Gasteiger partial charge in [0.15, 0.2) is 0 Å². The van der Waals surface area contributed by atoms with Crippen LogP contribution in [0.15, 0.2) is 24.3 Å². The van der Waals surface area contributed by atoms with E-state index >= 15 is 0 Å². The molecule has 0 aliphatic carbocycles. The maximum absolute atomic E-state index is 12.3. The Morgan fingerprint density at radius 3 is 2.28 bits per heavy atom. The fraction of sp³-hybridized carbons (Fsp3) is 0.652. The van der Waals surface area contributed by atoms with Crippen LogP contribution in [0, 0.1) is 6.92 Å². The van der Waals surface area contributed by atoms with Crippen LogP contribution in [0.25, 0.3) is 0 Å². The van der Waals surface area contributed by atoms with Crippen molar-refractivity contribution in [3.05, 3.63) is 35.4 Å². The quantitative estimate of drug-likeness (QED) is 0.276. The summed E-state index contributed by atoms with van der Waals surface area (Å²) in [6.45, 7) is 12.3. The average molecular weight is 426 g/mol. The first-order valence-electron chi connectivity index (χ1n) is 10.9. The van der Waals surface area contributed by atoms with Crippen molar-refractivity contribution in [1.82, 2.24) is 5.32 Å². The van der Waals surface area contributed by atoms with Crippen LogP contribution in [0.1, 0.15) is 50.7 Å². The van der Waals surface area contributed by atoms with Crippen LogP contribution in [-0.4, -0.2) is 57.2 Å². The number of esters is 2. The molecule has 1 aromatic rings. The van der Waals surface area contributed by atoms with Crippen molar-refractivity contribution in [3.8, 4) is 0 Å². The number of carbonyl (C=O) groups excluding carboxylic acids is 2. The second-order valence-corrected chi connectivity index (χ2v) is 13.7. The van der Waals surface area contributed by atoms with Gasteiger partial charge >= 0.3 is 177 Å². The van der Waals surface area contributed by atoms with E-state index in [4.69, 9.17) is 9.47 Å². The van der Waals surface area contributed by atoms with Crippen LogP contribution in [-0.2, 0) is 25.2 Å². The van der Waals surface area contributed by atoms with E-state index in [1.165, 1.54) is 11.1 Å². The van der Waals surface area contributed by atoms with Crippen LogP contribution < -0.4 is 5.32 Å². The van der Waals surface area contributed by atoms with E-state index in [-0.39, 0.29) is 18.4 Å². The Morgan fingerprint density at radius 2 is 1.66 bits per heavy atom. The van der Waals surface area contributed by atoms with Gasteiger partial charge in [-0.15, -0.1) is 0 Å². The summed E-state index contributed by atoms with van der Waals surface area (Å²) in [5.41, 5.74) is 2.69. The Hall–Kier alpha value is -1.45. The molecule has 1 unspecified atom stereocenters. The Kier molecular flexibility index (Phi) is 12.1. The Balaban J connectivity index is 2.49. The number of hydrogen-bond acceptors (Lipinski definition) is 5. The molecule has 0 fully saturated rings. The molecule has 5 nitrogen and oxygen atoms in total. The molecule has 0 saturated carbocycles. The number of benzene rings is 1. The van der Waals surface area contributed by atoms with Crippen molar-refractivity contribution < 1.29 is 19.1 Å². The molecule has 1 atom stereocenters. The molecule has 0 amide bonds. The van der Waals surface area contributed by atoms with Crippen molar-refractivity contribution in [1.29, 1.82) is 0 Å². The second kappa shape index (κ2) is 13.7. The summed E-state index contributed by atoms with van der Waals surface area (Å²) in [7, 11) is -1.38. The molecule has 166 valence electrons. The first-order chi connectivity index (χ1) is 13.8. The van der Waals surface area contributed by atoms with Crippen molar-refractivity contribution in [3.63, 3.8) is 0 Å². The molecule has 0 aromatic heterocycles. The summed E-state index contributed by atoms with van der Waals surface area (Å²) in [5.74, 6) is -0.719. The zero-order valence-electron chi connectivity index (χ0n) is 18.9. The summed E-state index contributed by atoms with van der Waals surface area (Å²) in [6.07, 6.45) is 4.84. The van der Waals surface area contributed by atoms with Crippen molar-refractivity contribution >= 4 is 19.2 Å². The van der Waals surface area contributed by atoms with E-state index in [1.807, 2.05) is 13.8 Å². The standard InChI is InChI=1S/C23H40NO4P/c1-6-14-27-22(25)17-21(23(26)28-15-7-2)24-13-8-16-29(4,5)18-20-11-9-19(3)10-12-20/h9-12,21,24,29H,6-8,13-18H2,1-5H3. The van der Waals surface area contributed by atoms with Gasteiger partial charge in [0.1, 0.15) is 0 Å². The van der Waals surface area contributed by atoms with Gasteiger partial charge in [-0.25, -0.2) is 0 Å². The van der Waals surface area contributed by atoms with E-state index in [0.717, 1.165) is 31.6 Å². The number of carbonyl (C=O) groups is 2. The molecule has 0 heterocycles. The van der Waals surface area contributed by atoms with Gasteiger partial charge in [0.25, 0.3) is 0 Å². The number of hydrogen-bond donors (Lipinski definition) is 1. The van der Waals surface area contributed by atoms with E-state index < -0.39 is 13.3 Å². The van der Waals surface area contributed by atoms with Gasteiger partial charge in [-0.2, -0.15) is 0 Å². The normalized spacial score (nSPS) is 13.0. The molecule has 1 rings (SSSR count). The van der Waals surface area contributed by atoms with Gasteiger partial charge in [-0.1, -0.05) is 0 Å². The monoisotopic (exact) mass is 425 g/mol. The molecule has 0 aliphatic heterocycles. The van der Waals surface area contributed by atoms with E-state index in [9.17, 15) is 9.59 Å². The summed E-state index contributed by atoms with van der Waals surface area (Å²) in [5, 5.41) is 3.23. The van der Waals surface area contributed by atoms with Gasteiger partial charge in [-0.05, 0) is 0 Å². The zero-order valence-corrected chi connectivity index (χ0v) is 19.9. The number of nitrogens with one attached hydrogen (secondary N) is 1.